The number of hydrogen-bond acceptors (Lipinski definition) is 4. The summed E-state index contributed by atoms with van der Waals surface area (Å²) in [6, 6.07) is 17.8. The third-order valence-corrected chi connectivity index (χ3v) is 5.18. The van der Waals surface area contributed by atoms with Crippen molar-refractivity contribution in [1.29, 1.82) is 0 Å². The number of rotatable bonds is 8. The molecule has 0 bridgehead atoms. The van der Waals surface area contributed by atoms with Crippen LogP contribution < -0.4 is 9.64 Å². The van der Waals surface area contributed by atoms with E-state index in [2.05, 4.69) is 34.1 Å². The lowest BCUT2D eigenvalue weighted by Gasteiger charge is -2.35. The topological polar surface area (TPSA) is 56.2 Å². The van der Waals surface area contributed by atoms with Gasteiger partial charge in [-0.2, -0.15) is 0 Å². The molecule has 0 atom stereocenters. The van der Waals surface area contributed by atoms with Crippen LogP contribution in [-0.2, 0) is 6.54 Å². The maximum atomic E-state index is 11.7. The van der Waals surface area contributed by atoms with Crippen molar-refractivity contribution >= 4 is 11.8 Å². The maximum Gasteiger partial charge on any atom is 0.411 e. The van der Waals surface area contributed by atoms with Gasteiger partial charge in [0, 0.05) is 39.3 Å². The molecule has 2 aromatic rings. The zero-order valence-corrected chi connectivity index (χ0v) is 16.5. The van der Waals surface area contributed by atoms with Gasteiger partial charge in [-0.1, -0.05) is 42.5 Å². The van der Waals surface area contributed by atoms with E-state index in [4.69, 9.17) is 4.74 Å². The van der Waals surface area contributed by atoms with Crippen molar-refractivity contribution in [3.63, 3.8) is 0 Å². The highest BCUT2D eigenvalue weighted by Crippen LogP contribution is 2.27. The summed E-state index contributed by atoms with van der Waals surface area (Å²) in [5.74, 6) is 0.583. The average molecular weight is 383 g/mol. The molecule has 1 amide bonds. The Morgan fingerprint density at radius 2 is 1.64 bits per heavy atom. The van der Waals surface area contributed by atoms with Crippen molar-refractivity contribution in [1.82, 2.24) is 9.80 Å². The number of nitrogens with zero attached hydrogens (tertiary/aromatic N) is 3. The molecule has 1 N–H and O–H groups in total. The molecule has 1 heterocycles. The van der Waals surface area contributed by atoms with Crippen LogP contribution in [0.2, 0.25) is 0 Å². The molecule has 0 radical (unpaired) electrons. The summed E-state index contributed by atoms with van der Waals surface area (Å²) >= 11 is 0. The first-order valence-corrected chi connectivity index (χ1v) is 9.79. The number of carbonyl (C=O) groups is 1. The molecule has 3 rings (SSSR count). The lowest BCUT2D eigenvalue weighted by atomic mass is 10.2. The van der Waals surface area contributed by atoms with E-state index in [0.29, 0.717) is 18.0 Å². The van der Waals surface area contributed by atoms with Crippen molar-refractivity contribution in [2.75, 3.05) is 51.3 Å². The molecule has 6 heteroatoms. The second kappa shape index (κ2) is 10.1. The highest BCUT2D eigenvalue weighted by molar-refractivity contribution is 5.88. The molecule has 1 saturated heterocycles. The molecule has 0 aliphatic carbocycles. The predicted octanol–water partition coefficient (Wildman–Crippen LogP) is 3.39. The molecular formula is C22H29N3O3. The molecule has 2 aromatic carbocycles. The normalized spacial score (nSPS) is 15.3. The second-order valence-corrected chi connectivity index (χ2v) is 7.06. The summed E-state index contributed by atoms with van der Waals surface area (Å²) in [5, 5.41) is 9.61. The number of hydrogen-bond donors (Lipinski definition) is 1. The molecule has 1 aliphatic heterocycles. The van der Waals surface area contributed by atoms with Crippen LogP contribution in [0.15, 0.2) is 54.6 Å². The Morgan fingerprint density at radius 3 is 2.32 bits per heavy atom. The monoisotopic (exact) mass is 383 g/mol. The molecule has 1 fully saturated rings. The van der Waals surface area contributed by atoms with Crippen LogP contribution in [0, 0.1) is 0 Å². The smallest absolute Gasteiger partial charge is 0.411 e. The zero-order chi connectivity index (χ0) is 19.8. The summed E-state index contributed by atoms with van der Waals surface area (Å²) in [6.45, 7) is 6.49. The zero-order valence-electron chi connectivity index (χ0n) is 16.5. The third-order valence-electron chi connectivity index (χ3n) is 5.18. The summed E-state index contributed by atoms with van der Waals surface area (Å²) in [4.78, 5) is 18.0. The Balaban J connectivity index is 1.45. The molecule has 28 heavy (non-hydrogen) atoms. The minimum Gasteiger partial charge on any atom is -0.495 e. The number of para-hydroxylation sites is 2. The van der Waals surface area contributed by atoms with Gasteiger partial charge in [0.15, 0.2) is 0 Å². The van der Waals surface area contributed by atoms with Crippen LogP contribution in [-0.4, -0.2) is 67.4 Å². The van der Waals surface area contributed by atoms with E-state index < -0.39 is 6.09 Å². The maximum absolute atomic E-state index is 11.7. The Bertz CT molecular complexity index is 746. The van der Waals surface area contributed by atoms with E-state index in [1.165, 1.54) is 10.5 Å². The summed E-state index contributed by atoms with van der Waals surface area (Å²) in [7, 11) is 1.56. The fourth-order valence-corrected chi connectivity index (χ4v) is 3.64. The van der Waals surface area contributed by atoms with E-state index in [9.17, 15) is 9.90 Å². The molecule has 0 spiro atoms. The molecule has 150 valence electrons. The predicted molar refractivity (Wildman–Crippen MR) is 111 cm³/mol. The summed E-state index contributed by atoms with van der Waals surface area (Å²) in [6.07, 6.45) is -0.152. The van der Waals surface area contributed by atoms with E-state index in [-0.39, 0.29) is 0 Å². The lowest BCUT2D eigenvalue weighted by Crippen LogP contribution is -2.46. The van der Waals surface area contributed by atoms with Gasteiger partial charge in [-0.25, -0.2) is 4.79 Å². The second-order valence-electron chi connectivity index (χ2n) is 7.06. The van der Waals surface area contributed by atoms with E-state index >= 15 is 0 Å². The number of piperazine rings is 1. The van der Waals surface area contributed by atoms with Crippen LogP contribution in [0.5, 0.6) is 5.75 Å². The highest BCUT2D eigenvalue weighted by Gasteiger charge is 2.20. The van der Waals surface area contributed by atoms with Gasteiger partial charge in [0.1, 0.15) is 5.75 Å². The minimum atomic E-state index is -0.947. The van der Waals surface area contributed by atoms with Gasteiger partial charge < -0.3 is 14.7 Å². The van der Waals surface area contributed by atoms with Gasteiger partial charge in [-0.05, 0) is 30.7 Å². The Hall–Kier alpha value is -2.57. The molecule has 0 aromatic heterocycles. The van der Waals surface area contributed by atoms with Gasteiger partial charge in [0.25, 0.3) is 0 Å². The number of benzene rings is 2. The first-order chi connectivity index (χ1) is 13.7. The highest BCUT2D eigenvalue weighted by atomic mass is 16.5. The lowest BCUT2D eigenvalue weighted by molar-refractivity contribution is 0.126. The third kappa shape index (κ3) is 5.47. The van der Waals surface area contributed by atoms with Crippen molar-refractivity contribution in [3.8, 4) is 5.75 Å². The molecule has 1 aliphatic rings. The van der Waals surface area contributed by atoms with Gasteiger partial charge >= 0.3 is 6.09 Å². The van der Waals surface area contributed by atoms with Gasteiger partial charge in [0.05, 0.1) is 12.8 Å². The van der Waals surface area contributed by atoms with Crippen molar-refractivity contribution in [2.24, 2.45) is 0 Å². The molecule has 0 unspecified atom stereocenters. The Morgan fingerprint density at radius 1 is 1.00 bits per heavy atom. The minimum absolute atomic E-state index is 0.458. The van der Waals surface area contributed by atoms with Gasteiger partial charge in [-0.15, -0.1) is 0 Å². The Kier molecular flexibility index (Phi) is 7.28. The molecular weight excluding hydrogens is 354 g/mol. The average Bonchev–Trinajstić information content (AvgIpc) is 2.73. The fourth-order valence-electron chi connectivity index (χ4n) is 3.64. The summed E-state index contributed by atoms with van der Waals surface area (Å²) in [5.41, 5.74) is 1.95. The number of methoxy groups -OCH3 is 1. The first-order valence-electron chi connectivity index (χ1n) is 9.79. The summed E-state index contributed by atoms with van der Waals surface area (Å²) < 4.78 is 5.31. The van der Waals surface area contributed by atoms with Crippen molar-refractivity contribution in [2.45, 2.75) is 13.0 Å². The largest absolute Gasteiger partial charge is 0.495 e. The first kappa shape index (κ1) is 20.2. The van der Waals surface area contributed by atoms with E-state index in [0.717, 1.165) is 45.7 Å². The molecule has 0 saturated carbocycles. The number of amides is 1. The van der Waals surface area contributed by atoms with E-state index in [1.54, 1.807) is 19.2 Å². The van der Waals surface area contributed by atoms with E-state index in [1.807, 2.05) is 18.2 Å². The number of carboxylic acid groups (broad SMARTS) is 1. The fraction of sp³-hybridized carbons (Fsp3) is 0.409. The molecule has 6 nitrogen and oxygen atoms in total. The van der Waals surface area contributed by atoms with Crippen LogP contribution >= 0.6 is 0 Å². The number of anilines is 1. The standard InChI is InChI=1S/C22H29N3O3/c1-28-21-11-6-5-10-20(21)25(22(26)27)13-7-12-23-14-16-24(17-15-23)18-19-8-3-2-4-9-19/h2-6,8-11H,7,12-18H2,1H3,(H,26,27). The van der Waals surface area contributed by atoms with Gasteiger partial charge in [0.2, 0.25) is 0 Å². The quantitative estimate of drug-likeness (QED) is 0.757. The van der Waals surface area contributed by atoms with Crippen LogP contribution in [0.4, 0.5) is 10.5 Å². The van der Waals surface area contributed by atoms with Crippen molar-refractivity contribution in [3.05, 3.63) is 60.2 Å². The van der Waals surface area contributed by atoms with Crippen LogP contribution in [0.1, 0.15) is 12.0 Å². The van der Waals surface area contributed by atoms with Gasteiger partial charge in [-0.3, -0.25) is 9.80 Å². The SMILES string of the molecule is COc1ccccc1N(CCCN1CCN(Cc2ccccc2)CC1)C(=O)O. The Labute approximate surface area is 166 Å². The van der Waals surface area contributed by atoms with Crippen LogP contribution in [0.3, 0.4) is 0 Å². The van der Waals surface area contributed by atoms with Crippen molar-refractivity contribution < 1.29 is 14.6 Å². The van der Waals surface area contributed by atoms with Crippen LogP contribution in [0.25, 0.3) is 0 Å². The number of ether oxygens (including phenoxy) is 1.